The third-order valence-electron chi connectivity index (χ3n) is 3.27. The topological polar surface area (TPSA) is 66.7 Å². The zero-order chi connectivity index (χ0) is 15.4. The number of aromatic nitrogens is 1. The van der Waals surface area contributed by atoms with E-state index in [4.69, 9.17) is 4.74 Å². The summed E-state index contributed by atoms with van der Waals surface area (Å²) in [7, 11) is 1.51. The first kappa shape index (κ1) is 13.9. The largest absolute Gasteiger partial charge is 0.504 e. The number of aromatic hydroxyl groups is 1. The minimum Gasteiger partial charge on any atom is -0.504 e. The molecule has 0 saturated carbocycles. The number of anilines is 1. The van der Waals surface area contributed by atoms with Crippen LogP contribution in [-0.4, -0.2) is 23.4 Å². The number of methoxy groups -OCH3 is 1. The van der Waals surface area contributed by atoms with Crippen LogP contribution in [0.5, 0.6) is 11.5 Å². The summed E-state index contributed by atoms with van der Waals surface area (Å²) in [5.41, 5.74) is 5.17. The molecule has 0 fully saturated rings. The van der Waals surface area contributed by atoms with Gasteiger partial charge in [0.2, 0.25) is 0 Å². The van der Waals surface area contributed by atoms with Gasteiger partial charge in [-0.05, 0) is 24.3 Å². The lowest BCUT2D eigenvalue weighted by atomic mass is 10.2. The van der Waals surface area contributed by atoms with Gasteiger partial charge in [-0.1, -0.05) is 24.3 Å². The second kappa shape index (κ2) is 6.13. The van der Waals surface area contributed by atoms with E-state index in [1.165, 1.54) is 7.11 Å². The maximum atomic E-state index is 10.0. The molecule has 0 atom stereocenters. The number of phenols is 1. The molecule has 0 unspecified atom stereocenters. The van der Waals surface area contributed by atoms with E-state index < -0.39 is 0 Å². The van der Waals surface area contributed by atoms with Crippen LogP contribution >= 0.6 is 0 Å². The highest BCUT2D eigenvalue weighted by Gasteiger charge is 2.05. The first-order valence-electron chi connectivity index (χ1n) is 6.78. The highest BCUT2D eigenvalue weighted by atomic mass is 16.5. The Labute approximate surface area is 127 Å². The van der Waals surface area contributed by atoms with Crippen molar-refractivity contribution in [2.75, 3.05) is 12.5 Å². The smallest absolute Gasteiger partial charge is 0.166 e. The molecule has 110 valence electrons. The first-order valence-corrected chi connectivity index (χ1v) is 6.78. The zero-order valence-corrected chi connectivity index (χ0v) is 12.0. The van der Waals surface area contributed by atoms with E-state index in [-0.39, 0.29) is 5.75 Å². The van der Waals surface area contributed by atoms with Gasteiger partial charge in [0.05, 0.1) is 24.5 Å². The number of para-hydroxylation sites is 2. The summed E-state index contributed by atoms with van der Waals surface area (Å²) in [6, 6.07) is 14.9. The molecule has 22 heavy (non-hydrogen) atoms. The van der Waals surface area contributed by atoms with Crippen LogP contribution in [0.25, 0.3) is 10.9 Å². The lowest BCUT2D eigenvalue weighted by molar-refractivity contribution is 0.373. The number of benzene rings is 2. The van der Waals surface area contributed by atoms with Gasteiger partial charge in [0, 0.05) is 17.1 Å². The molecular weight excluding hydrogens is 278 g/mol. The highest BCUT2D eigenvalue weighted by Crippen LogP contribution is 2.28. The van der Waals surface area contributed by atoms with Crippen molar-refractivity contribution in [3.8, 4) is 11.5 Å². The van der Waals surface area contributed by atoms with E-state index in [1.807, 2.05) is 30.3 Å². The average Bonchev–Trinajstić information content (AvgIpc) is 2.56. The van der Waals surface area contributed by atoms with Crippen LogP contribution in [0.4, 0.5) is 5.69 Å². The van der Waals surface area contributed by atoms with Crippen LogP contribution < -0.4 is 10.2 Å². The normalized spacial score (nSPS) is 11.0. The number of nitrogens with one attached hydrogen (secondary N) is 1. The zero-order valence-electron chi connectivity index (χ0n) is 12.0. The summed E-state index contributed by atoms with van der Waals surface area (Å²) < 4.78 is 5.07. The van der Waals surface area contributed by atoms with Gasteiger partial charge in [0.15, 0.2) is 11.5 Å². The summed E-state index contributed by atoms with van der Waals surface area (Å²) in [5, 5.41) is 15.2. The predicted molar refractivity (Wildman–Crippen MR) is 87.6 cm³/mol. The molecule has 0 spiro atoms. The van der Waals surface area contributed by atoms with Crippen LogP contribution in [-0.2, 0) is 0 Å². The minimum absolute atomic E-state index is 0.0617. The fourth-order valence-electron chi connectivity index (χ4n) is 2.17. The third-order valence-corrected chi connectivity index (χ3v) is 3.27. The van der Waals surface area contributed by atoms with Gasteiger partial charge in [-0.25, -0.2) is 0 Å². The third kappa shape index (κ3) is 2.69. The van der Waals surface area contributed by atoms with Gasteiger partial charge in [-0.2, -0.15) is 5.10 Å². The van der Waals surface area contributed by atoms with Crippen LogP contribution in [0.1, 0.15) is 5.56 Å². The summed E-state index contributed by atoms with van der Waals surface area (Å²) in [5.74, 6) is 0.474. The van der Waals surface area contributed by atoms with Crippen molar-refractivity contribution >= 4 is 22.8 Å². The van der Waals surface area contributed by atoms with E-state index >= 15 is 0 Å². The number of hydrogen-bond donors (Lipinski definition) is 2. The second-order valence-corrected chi connectivity index (χ2v) is 4.65. The molecule has 0 radical (unpaired) electrons. The van der Waals surface area contributed by atoms with E-state index in [0.29, 0.717) is 11.3 Å². The van der Waals surface area contributed by atoms with Crippen LogP contribution in [0.2, 0.25) is 0 Å². The van der Waals surface area contributed by atoms with Crippen molar-refractivity contribution < 1.29 is 9.84 Å². The number of hydrazone groups is 1. The van der Waals surface area contributed by atoms with Crippen molar-refractivity contribution in [2.45, 2.75) is 0 Å². The van der Waals surface area contributed by atoms with E-state index in [1.54, 1.807) is 30.6 Å². The number of ether oxygens (including phenoxy) is 1. The standard InChI is InChI=1S/C17H15N3O2/c1-22-15-9-3-6-13(17(15)21)11-19-20-14-8-2-5-12-7-4-10-18-16(12)14/h2-11,20-21H,1H3/b19-11+. The Morgan fingerprint density at radius 2 is 1.95 bits per heavy atom. The highest BCUT2D eigenvalue weighted by molar-refractivity contribution is 5.91. The van der Waals surface area contributed by atoms with Gasteiger partial charge in [0.25, 0.3) is 0 Å². The number of rotatable bonds is 4. The van der Waals surface area contributed by atoms with Gasteiger partial charge < -0.3 is 9.84 Å². The molecule has 0 aliphatic heterocycles. The summed E-state index contributed by atoms with van der Waals surface area (Å²) in [6.45, 7) is 0. The molecule has 5 heteroatoms. The second-order valence-electron chi connectivity index (χ2n) is 4.65. The average molecular weight is 293 g/mol. The Balaban J connectivity index is 1.85. The van der Waals surface area contributed by atoms with Crippen LogP contribution in [0.15, 0.2) is 59.8 Å². The van der Waals surface area contributed by atoms with Crippen molar-refractivity contribution in [2.24, 2.45) is 5.10 Å². The predicted octanol–water partition coefficient (Wildman–Crippen LogP) is 3.40. The molecular formula is C17H15N3O2. The molecule has 0 bridgehead atoms. The van der Waals surface area contributed by atoms with E-state index in [9.17, 15) is 5.11 Å². The van der Waals surface area contributed by atoms with Crippen molar-refractivity contribution in [1.82, 2.24) is 4.98 Å². The molecule has 0 amide bonds. The Hall–Kier alpha value is -3.08. The SMILES string of the molecule is COc1cccc(/C=N/Nc2cccc3cccnc23)c1O. The molecule has 1 aromatic heterocycles. The molecule has 2 aromatic carbocycles. The van der Waals surface area contributed by atoms with Crippen LogP contribution in [0.3, 0.4) is 0 Å². The Bertz CT molecular complexity index is 826. The number of phenolic OH excluding ortho intramolecular Hbond substituents is 1. The molecule has 0 aliphatic carbocycles. The molecule has 1 heterocycles. The lowest BCUT2D eigenvalue weighted by Crippen LogP contribution is -1.94. The van der Waals surface area contributed by atoms with Crippen LogP contribution in [0, 0.1) is 0 Å². The summed E-state index contributed by atoms with van der Waals surface area (Å²) in [6.07, 6.45) is 3.28. The summed E-state index contributed by atoms with van der Waals surface area (Å²) in [4.78, 5) is 4.35. The lowest BCUT2D eigenvalue weighted by Gasteiger charge is -2.06. The Kier molecular flexibility index (Phi) is 3.87. The maximum Gasteiger partial charge on any atom is 0.166 e. The molecule has 0 saturated heterocycles. The first-order chi connectivity index (χ1) is 10.8. The minimum atomic E-state index is 0.0617. The van der Waals surface area contributed by atoms with E-state index in [2.05, 4.69) is 15.5 Å². The number of pyridine rings is 1. The fourth-order valence-corrected chi connectivity index (χ4v) is 2.17. The number of fused-ring (bicyclic) bond motifs is 1. The van der Waals surface area contributed by atoms with Gasteiger partial charge in [-0.3, -0.25) is 10.4 Å². The van der Waals surface area contributed by atoms with Gasteiger partial charge in [-0.15, -0.1) is 0 Å². The molecule has 2 N–H and O–H groups in total. The van der Waals surface area contributed by atoms with Crippen molar-refractivity contribution in [1.29, 1.82) is 0 Å². The van der Waals surface area contributed by atoms with Crippen molar-refractivity contribution in [3.05, 3.63) is 60.3 Å². The fraction of sp³-hybridized carbons (Fsp3) is 0.0588. The molecule has 5 nitrogen and oxygen atoms in total. The molecule has 3 aromatic rings. The maximum absolute atomic E-state index is 10.0. The Morgan fingerprint density at radius 1 is 1.14 bits per heavy atom. The monoisotopic (exact) mass is 293 g/mol. The molecule has 0 aliphatic rings. The Morgan fingerprint density at radius 3 is 2.82 bits per heavy atom. The summed E-state index contributed by atoms with van der Waals surface area (Å²) >= 11 is 0. The molecule has 3 rings (SSSR count). The quantitative estimate of drug-likeness (QED) is 0.571. The van der Waals surface area contributed by atoms with Crippen molar-refractivity contribution in [3.63, 3.8) is 0 Å². The number of hydrogen-bond acceptors (Lipinski definition) is 5. The van der Waals surface area contributed by atoms with E-state index in [0.717, 1.165) is 16.6 Å². The van der Waals surface area contributed by atoms with Gasteiger partial charge in [0.1, 0.15) is 0 Å². The van der Waals surface area contributed by atoms with Gasteiger partial charge >= 0.3 is 0 Å². The number of nitrogens with zero attached hydrogens (tertiary/aromatic N) is 2.